The maximum atomic E-state index is 11.1. The number of nitrogens with zero attached hydrogens (tertiary/aromatic N) is 2. The molecule has 1 N–H and O–H groups in total. The molecule has 2 saturated heterocycles. The van der Waals surface area contributed by atoms with E-state index in [4.69, 9.17) is 5.11 Å². The summed E-state index contributed by atoms with van der Waals surface area (Å²) in [6, 6.07) is 1.25. The maximum absolute atomic E-state index is 11.1. The van der Waals surface area contributed by atoms with Crippen molar-refractivity contribution in [3.63, 3.8) is 0 Å². The summed E-state index contributed by atoms with van der Waals surface area (Å²) in [7, 11) is 0. The molecule has 0 saturated carbocycles. The summed E-state index contributed by atoms with van der Waals surface area (Å²) in [5.74, 6) is -0.749. The second kappa shape index (κ2) is 6.02. The lowest BCUT2D eigenvalue weighted by Gasteiger charge is -2.42. The van der Waals surface area contributed by atoms with Crippen LogP contribution >= 0.6 is 0 Å². The van der Waals surface area contributed by atoms with Crippen LogP contribution in [0, 0.1) is 5.92 Å². The summed E-state index contributed by atoms with van der Waals surface area (Å²) in [5, 5.41) is 9.13. The summed E-state index contributed by atoms with van der Waals surface area (Å²) in [4.78, 5) is 16.0. The van der Waals surface area contributed by atoms with E-state index in [1.165, 1.54) is 12.8 Å². The fourth-order valence-electron chi connectivity index (χ4n) is 3.31. The van der Waals surface area contributed by atoms with E-state index in [0.29, 0.717) is 12.1 Å². The van der Waals surface area contributed by atoms with Crippen molar-refractivity contribution in [1.82, 2.24) is 9.80 Å². The highest BCUT2D eigenvalue weighted by molar-refractivity contribution is 5.70. The van der Waals surface area contributed by atoms with Gasteiger partial charge in [0.25, 0.3) is 0 Å². The largest absolute Gasteiger partial charge is 0.481 e. The molecule has 0 amide bonds. The zero-order chi connectivity index (χ0) is 13.1. The third-order valence-electron chi connectivity index (χ3n) is 4.55. The molecule has 18 heavy (non-hydrogen) atoms. The van der Waals surface area contributed by atoms with E-state index >= 15 is 0 Å². The molecule has 2 rings (SSSR count). The van der Waals surface area contributed by atoms with Gasteiger partial charge in [-0.2, -0.15) is 0 Å². The monoisotopic (exact) mass is 254 g/mol. The van der Waals surface area contributed by atoms with E-state index < -0.39 is 5.97 Å². The second-order valence-electron chi connectivity index (χ2n) is 6.03. The predicted octanol–water partition coefficient (Wildman–Crippen LogP) is 1.66. The summed E-state index contributed by atoms with van der Waals surface area (Å²) < 4.78 is 0. The molecule has 1 unspecified atom stereocenters. The van der Waals surface area contributed by atoms with Crippen LogP contribution in [0.4, 0.5) is 0 Å². The predicted molar refractivity (Wildman–Crippen MR) is 71.7 cm³/mol. The molecule has 0 aromatic rings. The van der Waals surface area contributed by atoms with Crippen LogP contribution in [-0.2, 0) is 4.79 Å². The fourth-order valence-corrected chi connectivity index (χ4v) is 3.31. The molecular formula is C14H26N2O2. The van der Waals surface area contributed by atoms with Crippen molar-refractivity contribution in [3.8, 4) is 0 Å². The third kappa shape index (κ3) is 3.23. The number of aliphatic carboxylic acids is 1. The number of likely N-dealkylation sites (tertiary alicyclic amines) is 2. The Labute approximate surface area is 110 Å². The van der Waals surface area contributed by atoms with E-state index in [-0.39, 0.29) is 5.92 Å². The standard InChI is InChI=1S/C14H26N2O2/c1-11(2)15-8-5-13(6-9-15)16-7-3-4-12(10-16)14(17)18/h11-13H,3-10H2,1-2H3,(H,17,18). The van der Waals surface area contributed by atoms with Crippen molar-refractivity contribution in [3.05, 3.63) is 0 Å². The van der Waals surface area contributed by atoms with Crippen LogP contribution < -0.4 is 0 Å². The smallest absolute Gasteiger partial charge is 0.307 e. The number of piperidine rings is 2. The quantitative estimate of drug-likeness (QED) is 0.832. The molecule has 2 aliphatic rings. The van der Waals surface area contributed by atoms with Gasteiger partial charge in [-0.25, -0.2) is 0 Å². The van der Waals surface area contributed by atoms with E-state index in [0.717, 1.165) is 39.0 Å². The van der Waals surface area contributed by atoms with Crippen LogP contribution in [0.25, 0.3) is 0 Å². The normalized spacial score (nSPS) is 28.7. The SMILES string of the molecule is CC(C)N1CCC(N2CCCC(C(=O)O)C2)CC1. The first-order valence-corrected chi connectivity index (χ1v) is 7.29. The molecule has 0 radical (unpaired) electrons. The highest BCUT2D eigenvalue weighted by Crippen LogP contribution is 2.24. The Morgan fingerprint density at radius 1 is 1.17 bits per heavy atom. The van der Waals surface area contributed by atoms with Crippen molar-refractivity contribution >= 4 is 5.97 Å². The van der Waals surface area contributed by atoms with Crippen LogP contribution in [0.15, 0.2) is 0 Å². The van der Waals surface area contributed by atoms with E-state index in [1.54, 1.807) is 0 Å². The highest BCUT2D eigenvalue weighted by Gasteiger charge is 2.31. The lowest BCUT2D eigenvalue weighted by molar-refractivity contribution is -0.144. The third-order valence-corrected chi connectivity index (χ3v) is 4.55. The van der Waals surface area contributed by atoms with Crippen molar-refractivity contribution < 1.29 is 9.90 Å². The number of carboxylic acids is 1. The van der Waals surface area contributed by atoms with Gasteiger partial charge < -0.3 is 10.0 Å². The molecule has 2 fully saturated rings. The van der Waals surface area contributed by atoms with Crippen LogP contribution in [0.2, 0.25) is 0 Å². The fraction of sp³-hybridized carbons (Fsp3) is 0.929. The Bertz CT molecular complexity index is 286. The molecule has 2 heterocycles. The minimum absolute atomic E-state index is 0.137. The topological polar surface area (TPSA) is 43.8 Å². The minimum Gasteiger partial charge on any atom is -0.481 e. The molecular weight excluding hydrogens is 228 g/mol. The van der Waals surface area contributed by atoms with E-state index in [9.17, 15) is 4.79 Å². The summed E-state index contributed by atoms with van der Waals surface area (Å²) in [6.45, 7) is 8.69. The zero-order valence-corrected chi connectivity index (χ0v) is 11.6. The summed E-state index contributed by atoms with van der Waals surface area (Å²) in [6.07, 6.45) is 4.30. The summed E-state index contributed by atoms with van der Waals surface area (Å²) >= 11 is 0. The first-order valence-electron chi connectivity index (χ1n) is 7.29. The molecule has 4 nitrogen and oxygen atoms in total. The first kappa shape index (κ1) is 13.8. The Morgan fingerprint density at radius 3 is 2.39 bits per heavy atom. The molecule has 0 spiro atoms. The van der Waals surface area contributed by atoms with Gasteiger partial charge in [0, 0.05) is 18.6 Å². The molecule has 2 aliphatic heterocycles. The lowest BCUT2D eigenvalue weighted by atomic mass is 9.94. The van der Waals surface area contributed by atoms with E-state index in [1.807, 2.05) is 0 Å². The molecule has 104 valence electrons. The van der Waals surface area contributed by atoms with Gasteiger partial charge in [-0.1, -0.05) is 0 Å². The number of hydrogen-bond donors (Lipinski definition) is 1. The molecule has 4 heteroatoms. The van der Waals surface area contributed by atoms with Gasteiger partial charge in [-0.15, -0.1) is 0 Å². The minimum atomic E-state index is -0.612. The Hall–Kier alpha value is -0.610. The zero-order valence-electron chi connectivity index (χ0n) is 11.6. The molecule has 0 aromatic carbocycles. The average Bonchev–Trinajstić information content (AvgIpc) is 2.39. The van der Waals surface area contributed by atoms with Gasteiger partial charge in [-0.05, 0) is 59.2 Å². The summed E-state index contributed by atoms with van der Waals surface area (Å²) in [5.41, 5.74) is 0. The van der Waals surface area contributed by atoms with Crippen LogP contribution in [0.1, 0.15) is 39.5 Å². The van der Waals surface area contributed by atoms with Crippen molar-refractivity contribution in [2.75, 3.05) is 26.2 Å². The number of carboxylic acid groups (broad SMARTS) is 1. The average molecular weight is 254 g/mol. The Balaban J connectivity index is 1.84. The van der Waals surface area contributed by atoms with Gasteiger partial charge in [0.1, 0.15) is 0 Å². The van der Waals surface area contributed by atoms with Gasteiger partial charge >= 0.3 is 5.97 Å². The van der Waals surface area contributed by atoms with Gasteiger partial charge in [0.05, 0.1) is 5.92 Å². The maximum Gasteiger partial charge on any atom is 0.307 e. The number of carbonyl (C=O) groups is 1. The van der Waals surface area contributed by atoms with Gasteiger partial charge in [0.15, 0.2) is 0 Å². The molecule has 0 bridgehead atoms. The van der Waals surface area contributed by atoms with Gasteiger partial charge in [0.2, 0.25) is 0 Å². The van der Waals surface area contributed by atoms with Gasteiger partial charge in [-0.3, -0.25) is 9.69 Å². The van der Waals surface area contributed by atoms with Crippen molar-refractivity contribution in [1.29, 1.82) is 0 Å². The number of hydrogen-bond acceptors (Lipinski definition) is 3. The van der Waals surface area contributed by atoms with Crippen molar-refractivity contribution in [2.45, 2.75) is 51.6 Å². The van der Waals surface area contributed by atoms with E-state index in [2.05, 4.69) is 23.6 Å². The first-order chi connectivity index (χ1) is 8.58. The number of rotatable bonds is 3. The molecule has 1 atom stereocenters. The van der Waals surface area contributed by atoms with Crippen molar-refractivity contribution in [2.24, 2.45) is 5.92 Å². The second-order valence-corrected chi connectivity index (χ2v) is 6.03. The molecule has 0 aromatic heterocycles. The lowest BCUT2D eigenvalue weighted by Crippen LogP contribution is -2.50. The molecule has 0 aliphatic carbocycles. The van der Waals surface area contributed by atoms with Crippen LogP contribution in [0.5, 0.6) is 0 Å². The van der Waals surface area contributed by atoms with Crippen LogP contribution in [-0.4, -0.2) is 59.1 Å². The Morgan fingerprint density at radius 2 is 1.83 bits per heavy atom. The Kier molecular flexibility index (Phi) is 4.62. The highest BCUT2D eigenvalue weighted by atomic mass is 16.4. The van der Waals surface area contributed by atoms with Crippen LogP contribution in [0.3, 0.4) is 0 Å².